The Balaban J connectivity index is 1.68. The number of fused-ring (bicyclic) bond motifs is 6. The molecule has 0 aromatic heterocycles. The largest absolute Gasteiger partial charge is 0.352 e. The lowest BCUT2D eigenvalue weighted by molar-refractivity contribution is -0.122. The predicted molar refractivity (Wildman–Crippen MR) is 137 cm³/mol. The van der Waals surface area contributed by atoms with Crippen LogP contribution in [0.15, 0.2) is 78.9 Å². The Morgan fingerprint density at radius 1 is 0.971 bits per heavy atom. The third-order valence-electron chi connectivity index (χ3n) is 7.71. The van der Waals surface area contributed by atoms with Gasteiger partial charge in [0.2, 0.25) is 5.91 Å². The van der Waals surface area contributed by atoms with Crippen LogP contribution in [0.25, 0.3) is 5.57 Å². The number of rotatable bonds is 3. The second kappa shape index (κ2) is 7.65. The van der Waals surface area contributed by atoms with Gasteiger partial charge >= 0.3 is 0 Å². The predicted octanol–water partition coefficient (Wildman–Crippen LogP) is 5.29. The van der Waals surface area contributed by atoms with E-state index in [0.717, 1.165) is 22.4 Å². The van der Waals surface area contributed by atoms with E-state index in [4.69, 9.17) is 11.6 Å². The molecule has 4 unspecified atom stereocenters. The molecule has 1 spiro atoms. The van der Waals surface area contributed by atoms with Gasteiger partial charge in [0.05, 0.1) is 18.0 Å². The van der Waals surface area contributed by atoms with Gasteiger partial charge < -0.3 is 10.2 Å². The van der Waals surface area contributed by atoms with Crippen LogP contribution in [0.3, 0.4) is 0 Å². The van der Waals surface area contributed by atoms with E-state index in [2.05, 4.69) is 11.4 Å². The SMILES string of the molecule is CC(=O)C1C(C(=O)c2ccc(Cl)cc2)C2(C(=O)Nc3ccccc32)C2C=C(C)c3ccccc3N12. The van der Waals surface area contributed by atoms with Gasteiger partial charge in [0.1, 0.15) is 5.41 Å². The number of carbonyl (C=O) groups excluding carboxylic acids is 3. The summed E-state index contributed by atoms with van der Waals surface area (Å²) in [4.78, 5) is 43.7. The molecule has 1 amide bonds. The Hall–Kier alpha value is -3.70. The number of para-hydroxylation sites is 2. The van der Waals surface area contributed by atoms with Gasteiger partial charge in [-0.2, -0.15) is 0 Å². The number of carbonyl (C=O) groups is 3. The second-order valence-electron chi connectivity index (χ2n) is 9.49. The van der Waals surface area contributed by atoms with Crippen molar-refractivity contribution in [1.29, 1.82) is 0 Å². The summed E-state index contributed by atoms with van der Waals surface area (Å²) >= 11 is 6.09. The van der Waals surface area contributed by atoms with Gasteiger partial charge in [-0.05, 0) is 61.4 Å². The lowest BCUT2D eigenvalue weighted by Gasteiger charge is -2.39. The molecule has 174 valence electrons. The number of benzene rings is 3. The van der Waals surface area contributed by atoms with E-state index >= 15 is 0 Å². The van der Waals surface area contributed by atoms with E-state index in [-0.39, 0.29) is 17.5 Å². The Morgan fingerprint density at radius 2 is 1.66 bits per heavy atom. The van der Waals surface area contributed by atoms with Crippen molar-refractivity contribution >= 4 is 46.0 Å². The highest BCUT2D eigenvalue weighted by atomic mass is 35.5. The van der Waals surface area contributed by atoms with E-state index in [1.165, 1.54) is 6.92 Å². The second-order valence-corrected chi connectivity index (χ2v) is 9.93. The van der Waals surface area contributed by atoms with Crippen molar-refractivity contribution < 1.29 is 14.4 Å². The number of halogens is 1. The Bertz CT molecular complexity index is 1440. The molecule has 6 rings (SSSR count). The molecule has 3 aliphatic heterocycles. The summed E-state index contributed by atoms with van der Waals surface area (Å²) in [5.41, 5.74) is 3.46. The molecule has 4 atom stereocenters. The van der Waals surface area contributed by atoms with Crippen molar-refractivity contribution in [2.45, 2.75) is 31.3 Å². The fraction of sp³-hybridized carbons (Fsp3) is 0.207. The molecule has 1 fully saturated rings. The van der Waals surface area contributed by atoms with Gasteiger partial charge in [-0.15, -0.1) is 0 Å². The minimum Gasteiger partial charge on any atom is -0.352 e. The van der Waals surface area contributed by atoms with Crippen LogP contribution in [0, 0.1) is 5.92 Å². The Kier molecular flexibility index (Phi) is 4.77. The van der Waals surface area contributed by atoms with Crippen LogP contribution in [-0.4, -0.2) is 29.6 Å². The van der Waals surface area contributed by atoms with Gasteiger partial charge in [-0.25, -0.2) is 0 Å². The average molecular weight is 483 g/mol. The van der Waals surface area contributed by atoms with E-state index in [1.807, 2.05) is 60.4 Å². The molecule has 3 aromatic carbocycles. The summed E-state index contributed by atoms with van der Waals surface area (Å²) in [7, 11) is 0. The molecule has 3 heterocycles. The van der Waals surface area contributed by atoms with Crippen molar-refractivity contribution in [2.24, 2.45) is 5.92 Å². The van der Waals surface area contributed by atoms with E-state index in [9.17, 15) is 14.4 Å². The van der Waals surface area contributed by atoms with Gasteiger partial charge in [0, 0.05) is 27.5 Å². The minimum absolute atomic E-state index is 0.154. The van der Waals surface area contributed by atoms with Crippen molar-refractivity contribution in [2.75, 3.05) is 10.2 Å². The van der Waals surface area contributed by atoms with Gasteiger partial charge in [-0.1, -0.05) is 54.1 Å². The number of amides is 1. The molecule has 0 radical (unpaired) electrons. The molecular weight excluding hydrogens is 460 g/mol. The summed E-state index contributed by atoms with van der Waals surface area (Å²) in [5.74, 6) is -1.58. The monoisotopic (exact) mass is 482 g/mol. The molecule has 3 aromatic rings. The van der Waals surface area contributed by atoms with Crippen LogP contribution >= 0.6 is 11.6 Å². The summed E-state index contributed by atoms with van der Waals surface area (Å²) in [6.07, 6.45) is 2.05. The van der Waals surface area contributed by atoms with Crippen LogP contribution in [0.2, 0.25) is 5.02 Å². The molecule has 1 saturated heterocycles. The maximum atomic E-state index is 14.3. The fourth-order valence-electron chi connectivity index (χ4n) is 6.33. The lowest BCUT2D eigenvalue weighted by atomic mass is 9.64. The molecule has 0 aliphatic carbocycles. The van der Waals surface area contributed by atoms with Crippen LogP contribution in [-0.2, 0) is 15.0 Å². The van der Waals surface area contributed by atoms with E-state index in [0.29, 0.717) is 16.3 Å². The third kappa shape index (κ3) is 2.85. The number of allylic oxidation sites excluding steroid dienone is 1. The first-order valence-corrected chi connectivity index (χ1v) is 12.0. The number of nitrogens with one attached hydrogen (secondary N) is 1. The third-order valence-corrected chi connectivity index (χ3v) is 7.96. The Morgan fingerprint density at radius 3 is 2.40 bits per heavy atom. The highest BCUT2D eigenvalue weighted by Gasteiger charge is 2.70. The summed E-state index contributed by atoms with van der Waals surface area (Å²) in [6.45, 7) is 3.52. The number of nitrogens with zero attached hydrogens (tertiary/aromatic N) is 1. The summed E-state index contributed by atoms with van der Waals surface area (Å²) < 4.78 is 0. The molecule has 6 heteroatoms. The smallest absolute Gasteiger partial charge is 0.238 e. The maximum absolute atomic E-state index is 14.3. The van der Waals surface area contributed by atoms with Crippen molar-refractivity contribution in [3.8, 4) is 0 Å². The molecule has 35 heavy (non-hydrogen) atoms. The zero-order valence-corrected chi connectivity index (χ0v) is 20.0. The van der Waals surface area contributed by atoms with E-state index < -0.39 is 23.4 Å². The quantitative estimate of drug-likeness (QED) is 0.515. The van der Waals surface area contributed by atoms with Crippen molar-refractivity contribution in [3.05, 3.63) is 101 Å². The average Bonchev–Trinajstić information content (AvgIpc) is 3.32. The van der Waals surface area contributed by atoms with Crippen LogP contribution in [0.1, 0.15) is 35.3 Å². The Labute approximate surface area is 208 Å². The van der Waals surface area contributed by atoms with Gasteiger partial charge in [-0.3, -0.25) is 14.4 Å². The molecule has 0 saturated carbocycles. The first kappa shape index (κ1) is 21.8. The number of hydrogen-bond donors (Lipinski definition) is 1. The normalized spacial score (nSPS) is 26.0. The van der Waals surface area contributed by atoms with Gasteiger partial charge in [0.15, 0.2) is 11.6 Å². The first-order valence-electron chi connectivity index (χ1n) is 11.6. The van der Waals surface area contributed by atoms with Gasteiger partial charge in [0.25, 0.3) is 0 Å². The highest BCUT2D eigenvalue weighted by Crippen LogP contribution is 2.58. The zero-order chi connectivity index (χ0) is 24.5. The highest BCUT2D eigenvalue weighted by molar-refractivity contribution is 6.30. The number of ketones is 2. The number of anilines is 2. The summed E-state index contributed by atoms with van der Waals surface area (Å²) in [6, 6.07) is 20.7. The molecule has 3 aliphatic rings. The number of hydrogen-bond acceptors (Lipinski definition) is 4. The van der Waals surface area contributed by atoms with Crippen molar-refractivity contribution in [1.82, 2.24) is 0 Å². The molecular formula is C29H23ClN2O3. The van der Waals surface area contributed by atoms with Crippen LogP contribution in [0.5, 0.6) is 0 Å². The maximum Gasteiger partial charge on any atom is 0.238 e. The molecule has 5 nitrogen and oxygen atoms in total. The lowest BCUT2D eigenvalue weighted by Crippen LogP contribution is -2.51. The van der Waals surface area contributed by atoms with Crippen LogP contribution < -0.4 is 10.2 Å². The zero-order valence-electron chi connectivity index (χ0n) is 19.3. The number of Topliss-reactive ketones (excluding diaryl/α,β-unsaturated/α-hetero) is 2. The fourth-order valence-corrected chi connectivity index (χ4v) is 6.46. The topological polar surface area (TPSA) is 66.5 Å². The first-order chi connectivity index (χ1) is 16.9. The summed E-state index contributed by atoms with van der Waals surface area (Å²) in [5, 5.41) is 3.54. The molecule has 1 N–H and O–H groups in total. The minimum atomic E-state index is -1.27. The van der Waals surface area contributed by atoms with Crippen LogP contribution in [0.4, 0.5) is 11.4 Å². The van der Waals surface area contributed by atoms with E-state index in [1.54, 1.807) is 24.3 Å². The standard InChI is InChI=1S/C29H23ClN2O3/c1-16-15-24-29(21-8-4-5-9-22(21)31-28(29)35)25(27(34)18-11-13-19(30)14-12-18)26(17(2)33)32(24)23-10-6-3-7-20(16)23/h3-15,24-26H,1-2H3,(H,31,35). The molecule has 0 bridgehead atoms. The van der Waals surface area contributed by atoms with Crippen molar-refractivity contribution in [3.63, 3.8) is 0 Å².